The number of nitrogens with one attached hydrogen (secondary N) is 1. The smallest absolute Gasteiger partial charge is 0.243 e. The molecular formula is C22H34N6O. The highest BCUT2D eigenvalue weighted by atomic mass is 16.2. The Morgan fingerprint density at radius 3 is 2.66 bits per heavy atom. The number of piperidine rings is 1. The van der Waals surface area contributed by atoms with Crippen molar-refractivity contribution in [3.63, 3.8) is 0 Å². The summed E-state index contributed by atoms with van der Waals surface area (Å²) in [4.78, 5) is 29.2. The highest BCUT2D eigenvalue weighted by molar-refractivity contribution is 5.82. The summed E-state index contributed by atoms with van der Waals surface area (Å²) in [5, 5.41) is 3.16. The van der Waals surface area contributed by atoms with E-state index in [4.69, 9.17) is 9.97 Å². The zero-order valence-electron chi connectivity index (χ0n) is 17.8. The molecule has 29 heavy (non-hydrogen) atoms. The molecular weight excluding hydrogens is 364 g/mol. The SMILES string of the molecule is CCCCCNC(=O)C(c1cc(CCC)nc(-n2ccnc2)n1)N1CCCCC1. The van der Waals surface area contributed by atoms with E-state index in [0.717, 1.165) is 76.0 Å². The van der Waals surface area contributed by atoms with E-state index in [0.29, 0.717) is 5.95 Å². The zero-order valence-corrected chi connectivity index (χ0v) is 17.8. The number of amides is 1. The van der Waals surface area contributed by atoms with Gasteiger partial charge >= 0.3 is 0 Å². The maximum Gasteiger partial charge on any atom is 0.243 e. The van der Waals surface area contributed by atoms with Gasteiger partial charge in [0.1, 0.15) is 12.4 Å². The molecule has 2 aromatic rings. The number of nitrogens with zero attached hydrogens (tertiary/aromatic N) is 5. The molecule has 1 aliphatic heterocycles. The minimum absolute atomic E-state index is 0.0562. The van der Waals surface area contributed by atoms with Gasteiger partial charge in [-0.15, -0.1) is 0 Å². The molecule has 0 aliphatic carbocycles. The van der Waals surface area contributed by atoms with Crippen molar-refractivity contribution in [3.05, 3.63) is 36.2 Å². The van der Waals surface area contributed by atoms with Crippen molar-refractivity contribution in [1.82, 2.24) is 29.7 Å². The number of unbranched alkanes of at least 4 members (excludes halogenated alkanes) is 2. The number of imidazole rings is 1. The Kier molecular flexibility index (Phi) is 8.16. The fraction of sp³-hybridized carbons (Fsp3) is 0.636. The zero-order chi connectivity index (χ0) is 20.5. The van der Waals surface area contributed by atoms with Gasteiger partial charge in [0.15, 0.2) is 0 Å². The third-order valence-corrected chi connectivity index (χ3v) is 5.39. The van der Waals surface area contributed by atoms with Gasteiger partial charge in [0, 0.05) is 24.6 Å². The lowest BCUT2D eigenvalue weighted by Crippen LogP contribution is -2.43. The van der Waals surface area contributed by atoms with Crippen molar-refractivity contribution < 1.29 is 4.79 Å². The standard InChI is InChI=1S/C22H34N6O/c1-3-5-7-11-24-21(29)20(27-13-8-6-9-14-27)19-16-18(10-4-2)25-22(26-19)28-15-12-23-17-28/h12,15-17,20H,3-11,13-14H2,1-2H3,(H,24,29). The summed E-state index contributed by atoms with van der Waals surface area (Å²) in [5.74, 6) is 0.643. The number of aromatic nitrogens is 4. The second-order valence-corrected chi connectivity index (χ2v) is 7.80. The van der Waals surface area contributed by atoms with Gasteiger partial charge in [-0.25, -0.2) is 15.0 Å². The van der Waals surface area contributed by atoms with E-state index in [9.17, 15) is 4.79 Å². The summed E-state index contributed by atoms with van der Waals surface area (Å²) in [6.07, 6.45) is 13.9. The van der Waals surface area contributed by atoms with E-state index in [1.807, 2.05) is 16.8 Å². The van der Waals surface area contributed by atoms with Crippen LogP contribution in [0.5, 0.6) is 0 Å². The Morgan fingerprint density at radius 1 is 1.14 bits per heavy atom. The van der Waals surface area contributed by atoms with Gasteiger partial charge < -0.3 is 5.32 Å². The molecule has 2 aromatic heterocycles. The lowest BCUT2D eigenvalue weighted by molar-refractivity contribution is -0.127. The van der Waals surface area contributed by atoms with Gasteiger partial charge in [-0.1, -0.05) is 39.5 Å². The predicted molar refractivity (Wildman–Crippen MR) is 114 cm³/mol. The van der Waals surface area contributed by atoms with Crippen molar-refractivity contribution in [2.24, 2.45) is 0 Å². The summed E-state index contributed by atoms with van der Waals surface area (Å²) in [6, 6.07) is 1.66. The van der Waals surface area contributed by atoms with Crippen LogP contribution in [0, 0.1) is 0 Å². The Bertz CT molecular complexity index is 755. The molecule has 1 unspecified atom stereocenters. The van der Waals surface area contributed by atoms with Crippen LogP contribution < -0.4 is 5.32 Å². The van der Waals surface area contributed by atoms with E-state index in [-0.39, 0.29) is 11.9 Å². The summed E-state index contributed by atoms with van der Waals surface area (Å²) in [5.41, 5.74) is 1.77. The molecule has 1 fully saturated rings. The minimum Gasteiger partial charge on any atom is -0.354 e. The van der Waals surface area contributed by atoms with Crippen molar-refractivity contribution in [2.75, 3.05) is 19.6 Å². The number of rotatable bonds is 10. The number of hydrogen-bond acceptors (Lipinski definition) is 5. The first-order valence-corrected chi connectivity index (χ1v) is 11.1. The number of aryl methyl sites for hydroxylation is 1. The van der Waals surface area contributed by atoms with Crippen molar-refractivity contribution in [1.29, 1.82) is 0 Å². The molecule has 1 saturated heterocycles. The first-order valence-electron chi connectivity index (χ1n) is 11.1. The molecule has 0 aromatic carbocycles. The van der Waals surface area contributed by atoms with E-state index in [1.54, 1.807) is 12.5 Å². The summed E-state index contributed by atoms with van der Waals surface area (Å²) < 4.78 is 1.81. The maximum atomic E-state index is 13.2. The fourth-order valence-corrected chi connectivity index (χ4v) is 3.87. The van der Waals surface area contributed by atoms with Crippen LogP contribution in [-0.4, -0.2) is 50.0 Å². The Morgan fingerprint density at radius 2 is 1.97 bits per heavy atom. The average molecular weight is 399 g/mol. The third-order valence-electron chi connectivity index (χ3n) is 5.39. The molecule has 1 aliphatic rings. The van der Waals surface area contributed by atoms with Crippen LogP contribution in [-0.2, 0) is 11.2 Å². The lowest BCUT2D eigenvalue weighted by atomic mass is 10.0. The molecule has 7 nitrogen and oxygen atoms in total. The van der Waals surface area contributed by atoms with E-state index in [1.165, 1.54) is 6.42 Å². The molecule has 1 atom stereocenters. The molecule has 1 N–H and O–H groups in total. The molecule has 0 bridgehead atoms. The lowest BCUT2D eigenvalue weighted by Gasteiger charge is -2.33. The molecule has 3 rings (SSSR count). The number of carbonyl (C=O) groups is 1. The average Bonchev–Trinajstić information content (AvgIpc) is 3.27. The van der Waals surface area contributed by atoms with Gasteiger partial charge in [0.05, 0.1) is 5.69 Å². The Hall–Kier alpha value is -2.28. The summed E-state index contributed by atoms with van der Waals surface area (Å²) in [7, 11) is 0. The molecule has 158 valence electrons. The normalized spacial score (nSPS) is 15.9. The van der Waals surface area contributed by atoms with Crippen LogP contribution in [0.15, 0.2) is 24.8 Å². The van der Waals surface area contributed by atoms with Gasteiger partial charge in [-0.05, 0) is 44.8 Å². The first kappa shape index (κ1) is 21.4. The Labute approximate surface area is 174 Å². The molecule has 7 heteroatoms. The van der Waals surface area contributed by atoms with Gasteiger partial charge in [0.25, 0.3) is 0 Å². The van der Waals surface area contributed by atoms with Crippen LogP contribution in [0.4, 0.5) is 0 Å². The Balaban J connectivity index is 1.91. The van der Waals surface area contributed by atoms with E-state index < -0.39 is 0 Å². The highest BCUT2D eigenvalue weighted by Crippen LogP contribution is 2.25. The van der Waals surface area contributed by atoms with Crippen molar-refractivity contribution in [3.8, 4) is 5.95 Å². The highest BCUT2D eigenvalue weighted by Gasteiger charge is 2.30. The summed E-state index contributed by atoms with van der Waals surface area (Å²) >= 11 is 0. The second-order valence-electron chi connectivity index (χ2n) is 7.80. The van der Waals surface area contributed by atoms with Crippen LogP contribution in [0.1, 0.15) is 76.2 Å². The van der Waals surface area contributed by atoms with Gasteiger partial charge in [0.2, 0.25) is 11.9 Å². The quantitative estimate of drug-likeness (QED) is 0.621. The van der Waals surface area contributed by atoms with E-state index >= 15 is 0 Å². The van der Waals surface area contributed by atoms with Crippen LogP contribution in [0.2, 0.25) is 0 Å². The molecule has 1 amide bonds. The van der Waals surface area contributed by atoms with Gasteiger partial charge in [-0.2, -0.15) is 0 Å². The van der Waals surface area contributed by atoms with Crippen molar-refractivity contribution >= 4 is 5.91 Å². The third kappa shape index (κ3) is 5.85. The van der Waals surface area contributed by atoms with Gasteiger partial charge in [-0.3, -0.25) is 14.3 Å². The monoisotopic (exact) mass is 398 g/mol. The molecule has 3 heterocycles. The summed E-state index contributed by atoms with van der Waals surface area (Å²) in [6.45, 7) is 6.90. The predicted octanol–water partition coefficient (Wildman–Crippen LogP) is 3.45. The fourth-order valence-electron chi connectivity index (χ4n) is 3.87. The largest absolute Gasteiger partial charge is 0.354 e. The van der Waals surface area contributed by atoms with Crippen molar-refractivity contribution in [2.45, 2.75) is 71.3 Å². The van der Waals surface area contributed by atoms with Crippen LogP contribution in [0.3, 0.4) is 0 Å². The molecule has 0 spiro atoms. The van der Waals surface area contributed by atoms with Crippen LogP contribution in [0.25, 0.3) is 5.95 Å². The topological polar surface area (TPSA) is 75.9 Å². The number of hydrogen-bond donors (Lipinski definition) is 1. The maximum absolute atomic E-state index is 13.2. The molecule has 0 saturated carbocycles. The van der Waals surface area contributed by atoms with Crippen LogP contribution >= 0.6 is 0 Å². The first-order chi connectivity index (χ1) is 14.2. The molecule has 0 radical (unpaired) electrons. The second kappa shape index (κ2) is 11.0. The van der Waals surface area contributed by atoms with E-state index in [2.05, 4.69) is 29.0 Å². The number of carbonyl (C=O) groups excluding carboxylic acids is 1. The minimum atomic E-state index is -0.363. The number of likely N-dealkylation sites (tertiary alicyclic amines) is 1.